The minimum atomic E-state index is -4.77. The van der Waals surface area contributed by atoms with Crippen molar-refractivity contribution in [2.24, 2.45) is 0 Å². The van der Waals surface area contributed by atoms with Gasteiger partial charge in [-0.1, -0.05) is 18.7 Å². The Morgan fingerprint density at radius 2 is 1.90 bits per heavy atom. The van der Waals surface area contributed by atoms with Crippen LogP contribution >= 0.6 is 0 Å². The van der Waals surface area contributed by atoms with Gasteiger partial charge in [-0.05, 0) is 0 Å². The van der Waals surface area contributed by atoms with Crippen LogP contribution in [0.5, 0.6) is 0 Å². The summed E-state index contributed by atoms with van der Waals surface area (Å²) in [4.78, 5) is 0. The third-order valence-electron chi connectivity index (χ3n) is 1.26. The monoisotopic (exact) mass is 153 g/mol. The third kappa shape index (κ3) is 2.57. The molecule has 0 saturated heterocycles. The summed E-state index contributed by atoms with van der Waals surface area (Å²) >= 11 is 0. The molecule has 0 amide bonds. The molecule has 0 bridgehead atoms. The molecule has 1 aliphatic carbocycles. The van der Waals surface area contributed by atoms with Gasteiger partial charge in [-0.15, -0.1) is 13.2 Å². The van der Waals surface area contributed by atoms with Crippen LogP contribution in [0.1, 0.15) is 12.8 Å². The van der Waals surface area contributed by atoms with Crippen molar-refractivity contribution in [3.63, 3.8) is 0 Å². The van der Waals surface area contributed by atoms with Crippen molar-refractivity contribution >= 4 is 7.12 Å². The second-order valence-corrected chi connectivity index (χ2v) is 2.27. The minimum absolute atomic E-state index is 0.415. The molecule has 0 radical (unpaired) electrons. The first-order valence-corrected chi connectivity index (χ1v) is 2.89. The number of alkyl halides is 3. The Labute approximate surface area is 56.1 Å². The van der Waals surface area contributed by atoms with Crippen LogP contribution in [0, 0.1) is 0 Å². The number of rotatable bonds is 2. The van der Waals surface area contributed by atoms with Crippen LogP contribution in [-0.2, 0) is 4.65 Å². The van der Waals surface area contributed by atoms with Gasteiger partial charge >= 0.3 is 6.36 Å². The normalized spacial score (nSPS) is 19.2. The first-order valence-electron chi connectivity index (χ1n) is 2.89. The highest BCUT2D eigenvalue weighted by molar-refractivity contribution is 6.44. The van der Waals surface area contributed by atoms with E-state index in [-0.39, 0.29) is 0 Å². The third-order valence-corrected chi connectivity index (χ3v) is 1.26. The molecule has 10 heavy (non-hydrogen) atoms. The molecule has 2 nitrogen and oxygen atoms in total. The van der Waals surface area contributed by atoms with Crippen LogP contribution in [0.3, 0.4) is 0 Å². The Morgan fingerprint density at radius 3 is 2.20 bits per heavy atom. The Balaban J connectivity index is 2.23. The second-order valence-electron chi connectivity index (χ2n) is 2.27. The molecule has 0 atom stereocenters. The van der Waals surface area contributed by atoms with E-state index in [2.05, 4.69) is 4.65 Å². The Morgan fingerprint density at radius 1 is 1.40 bits per heavy atom. The molecular formula is C4H5BF3O2-. The molecule has 58 valence electrons. The molecule has 1 fully saturated rings. The van der Waals surface area contributed by atoms with E-state index in [1.54, 1.807) is 0 Å². The summed E-state index contributed by atoms with van der Waals surface area (Å²) in [5.41, 5.74) is 0. The summed E-state index contributed by atoms with van der Waals surface area (Å²) in [5.74, 6) is -0.415. The second kappa shape index (κ2) is 2.43. The molecular weight excluding hydrogens is 148 g/mol. The molecule has 1 saturated carbocycles. The number of halogens is 3. The van der Waals surface area contributed by atoms with E-state index in [4.69, 9.17) is 0 Å². The van der Waals surface area contributed by atoms with Gasteiger partial charge in [0, 0.05) is 0 Å². The van der Waals surface area contributed by atoms with Gasteiger partial charge in [0.2, 0.25) is 0 Å². The van der Waals surface area contributed by atoms with E-state index in [0.717, 1.165) is 0 Å². The maximum atomic E-state index is 11.3. The molecule has 0 unspecified atom stereocenters. The molecule has 0 aliphatic heterocycles. The zero-order chi connectivity index (χ0) is 7.78. The highest BCUT2D eigenvalue weighted by atomic mass is 19.4. The Kier molecular flexibility index (Phi) is 1.91. The van der Waals surface area contributed by atoms with Gasteiger partial charge < -0.3 is 9.68 Å². The molecule has 0 spiro atoms. The SMILES string of the molecule is [O-]B(OC(F)(F)F)C1CC1. The summed E-state index contributed by atoms with van der Waals surface area (Å²) in [7, 11) is -1.90. The molecule has 0 N–H and O–H groups in total. The van der Waals surface area contributed by atoms with Gasteiger partial charge in [-0.25, -0.2) is 0 Å². The standard InChI is InChI=1S/C4H5BF3O2/c6-4(7,8)10-5(9)3-1-2-3/h3H,1-2H2/q-1. The summed E-state index contributed by atoms with van der Waals surface area (Å²) < 4.78 is 37.0. The molecule has 0 aromatic heterocycles. The highest BCUT2D eigenvalue weighted by Crippen LogP contribution is 2.39. The van der Waals surface area contributed by atoms with E-state index in [1.807, 2.05) is 0 Å². The molecule has 0 heterocycles. The van der Waals surface area contributed by atoms with Crippen molar-refractivity contribution in [2.75, 3.05) is 0 Å². The quantitative estimate of drug-likeness (QED) is 0.542. The fourth-order valence-corrected chi connectivity index (χ4v) is 0.596. The minimum Gasteiger partial charge on any atom is -0.856 e. The first kappa shape index (κ1) is 7.88. The van der Waals surface area contributed by atoms with Gasteiger partial charge in [0.25, 0.3) is 0 Å². The van der Waals surface area contributed by atoms with Crippen molar-refractivity contribution in [2.45, 2.75) is 25.0 Å². The van der Waals surface area contributed by atoms with Gasteiger partial charge in [0.1, 0.15) is 0 Å². The van der Waals surface area contributed by atoms with Crippen LogP contribution in [0.25, 0.3) is 0 Å². The topological polar surface area (TPSA) is 32.3 Å². The fraction of sp³-hybridized carbons (Fsp3) is 1.00. The van der Waals surface area contributed by atoms with Gasteiger partial charge in [0.05, 0.1) is 0 Å². The predicted octanol–water partition coefficient (Wildman–Crippen LogP) is 0.535. The summed E-state index contributed by atoms with van der Waals surface area (Å²) in [6.45, 7) is 0. The molecule has 0 aromatic carbocycles. The number of hydrogen-bond acceptors (Lipinski definition) is 2. The molecule has 1 aliphatic rings. The largest absolute Gasteiger partial charge is 0.856 e. The molecule has 6 heteroatoms. The lowest BCUT2D eigenvalue weighted by Crippen LogP contribution is -2.39. The maximum Gasteiger partial charge on any atom is 0.506 e. The zero-order valence-corrected chi connectivity index (χ0v) is 5.02. The zero-order valence-electron chi connectivity index (χ0n) is 5.02. The van der Waals surface area contributed by atoms with Gasteiger partial charge in [0.15, 0.2) is 7.12 Å². The molecule has 1 rings (SSSR count). The lowest BCUT2D eigenvalue weighted by molar-refractivity contribution is -0.325. The van der Waals surface area contributed by atoms with E-state index < -0.39 is 19.3 Å². The lowest BCUT2D eigenvalue weighted by Gasteiger charge is -2.20. The smallest absolute Gasteiger partial charge is 0.506 e. The Bertz CT molecular complexity index is 122. The summed E-state index contributed by atoms with van der Waals surface area (Å²) in [6.07, 6.45) is -3.65. The van der Waals surface area contributed by atoms with Crippen molar-refractivity contribution < 1.29 is 22.8 Å². The van der Waals surface area contributed by atoms with Crippen LogP contribution in [0.4, 0.5) is 13.2 Å². The number of hydrogen-bond donors (Lipinski definition) is 0. The van der Waals surface area contributed by atoms with Crippen molar-refractivity contribution in [1.29, 1.82) is 0 Å². The van der Waals surface area contributed by atoms with Crippen LogP contribution in [0.15, 0.2) is 0 Å². The summed E-state index contributed by atoms with van der Waals surface area (Å²) in [6, 6.07) is 0. The van der Waals surface area contributed by atoms with E-state index in [9.17, 15) is 18.2 Å². The van der Waals surface area contributed by atoms with Gasteiger partial charge in [-0.2, -0.15) is 0 Å². The fourth-order valence-electron chi connectivity index (χ4n) is 0.596. The van der Waals surface area contributed by atoms with E-state index >= 15 is 0 Å². The average molecular weight is 153 g/mol. The molecule has 0 aromatic rings. The highest BCUT2D eigenvalue weighted by Gasteiger charge is 2.36. The first-order chi connectivity index (χ1) is 4.49. The summed E-state index contributed by atoms with van der Waals surface area (Å²) in [5, 5.41) is 10.4. The Hall–Kier alpha value is -0.225. The van der Waals surface area contributed by atoms with E-state index in [1.165, 1.54) is 0 Å². The van der Waals surface area contributed by atoms with Crippen LogP contribution in [-0.4, -0.2) is 13.5 Å². The van der Waals surface area contributed by atoms with Crippen LogP contribution in [0.2, 0.25) is 5.82 Å². The predicted molar refractivity (Wildman–Crippen MR) is 25.9 cm³/mol. The lowest BCUT2D eigenvalue weighted by atomic mass is 9.83. The van der Waals surface area contributed by atoms with Gasteiger partial charge in [-0.3, -0.25) is 0 Å². The maximum absolute atomic E-state index is 11.3. The average Bonchev–Trinajstić information content (AvgIpc) is 2.35. The van der Waals surface area contributed by atoms with Crippen molar-refractivity contribution in [1.82, 2.24) is 0 Å². The van der Waals surface area contributed by atoms with Crippen LogP contribution < -0.4 is 5.02 Å². The van der Waals surface area contributed by atoms with Crippen molar-refractivity contribution in [3.8, 4) is 0 Å². The van der Waals surface area contributed by atoms with Crippen molar-refractivity contribution in [3.05, 3.63) is 0 Å². The van der Waals surface area contributed by atoms with E-state index in [0.29, 0.717) is 12.8 Å².